The summed E-state index contributed by atoms with van der Waals surface area (Å²) in [6.07, 6.45) is 5.90. The summed E-state index contributed by atoms with van der Waals surface area (Å²) in [5.74, 6) is -0.217. The molecule has 116 valence electrons. The van der Waals surface area contributed by atoms with Gasteiger partial charge in [-0.1, -0.05) is 12.1 Å². The Morgan fingerprint density at radius 1 is 0.696 bits per heavy atom. The van der Waals surface area contributed by atoms with Gasteiger partial charge in [-0.25, -0.2) is 4.39 Å². The third-order valence-electron chi connectivity index (χ3n) is 3.68. The summed E-state index contributed by atoms with van der Waals surface area (Å²) in [6, 6.07) is 18.9. The van der Waals surface area contributed by atoms with Gasteiger partial charge < -0.3 is 34.0 Å². The summed E-state index contributed by atoms with van der Waals surface area (Å²) >= 11 is 0. The van der Waals surface area contributed by atoms with Crippen LogP contribution in [0.4, 0.5) is 4.39 Å². The van der Waals surface area contributed by atoms with E-state index in [9.17, 15) is 4.39 Å². The largest absolute Gasteiger partial charge is 1.00 e. The summed E-state index contributed by atoms with van der Waals surface area (Å²) in [6.45, 7) is 0. The lowest BCUT2D eigenvalue weighted by Crippen LogP contribution is -3.00. The van der Waals surface area contributed by atoms with Gasteiger partial charge in [-0.2, -0.15) is 4.40 Å². The molecule has 0 bridgehead atoms. The van der Waals surface area contributed by atoms with Gasteiger partial charge in [0, 0.05) is 24.3 Å². The van der Waals surface area contributed by atoms with E-state index in [-0.39, 0.29) is 39.8 Å². The van der Waals surface area contributed by atoms with Crippen LogP contribution in [0, 0.1) is 5.82 Å². The van der Waals surface area contributed by atoms with Crippen LogP contribution in [0.25, 0.3) is 22.3 Å². The molecule has 0 saturated heterocycles. The first-order chi connectivity index (χ1) is 10.3. The third-order valence-corrected chi connectivity index (χ3v) is 3.68. The van der Waals surface area contributed by atoms with Crippen LogP contribution in [0.1, 0.15) is 0 Å². The molecular weight excluding hydrogens is 423 g/mol. The standard InChI is InChI=1S/C18H13FN2.2BrH/c19-15-8-2-1-7-14(15)18-13-20-11-5-3-9-16(20)17-10-4-6-12-21(17)18;;/h1-13H;2*1H/q+2;;/p-2. The van der Waals surface area contributed by atoms with E-state index in [1.54, 1.807) is 12.1 Å². The van der Waals surface area contributed by atoms with Crippen molar-refractivity contribution in [3.05, 3.63) is 85.1 Å². The van der Waals surface area contributed by atoms with Crippen molar-refractivity contribution in [1.29, 1.82) is 0 Å². The molecule has 0 unspecified atom stereocenters. The summed E-state index contributed by atoms with van der Waals surface area (Å²) in [4.78, 5) is 0. The summed E-state index contributed by atoms with van der Waals surface area (Å²) in [5, 5.41) is 0. The smallest absolute Gasteiger partial charge is 0.286 e. The van der Waals surface area contributed by atoms with Crippen molar-refractivity contribution in [3.63, 3.8) is 0 Å². The van der Waals surface area contributed by atoms with Crippen LogP contribution in [0.2, 0.25) is 0 Å². The Morgan fingerprint density at radius 2 is 1.35 bits per heavy atom. The topological polar surface area (TPSA) is 8.20 Å². The van der Waals surface area contributed by atoms with Crippen LogP contribution in [-0.2, 0) is 0 Å². The minimum absolute atomic E-state index is 0. The molecule has 0 amide bonds. The zero-order chi connectivity index (χ0) is 14.2. The number of fused-ring (bicyclic) bond motifs is 3. The Balaban J connectivity index is 0.000000960. The zero-order valence-electron chi connectivity index (χ0n) is 12.0. The van der Waals surface area contributed by atoms with Crippen molar-refractivity contribution in [2.45, 2.75) is 0 Å². The van der Waals surface area contributed by atoms with Crippen LogP contribution < -0.4 is 42.8 Å². The monoisotopic (exact) mass is 434 g/mol. The molecule has 0 atom stereocenters. The fourth-order valence-corrected chi connectivity index (χ4v) is 2.71. The molecule has 0 saturated carbocycles. The molecule has 3 aromatic heterocycles. The molecule has 0 aliphatic rings. The first-order valence-corrected chi connectivity index (χ1v) is 6.83. The molecular formula is C18H13Br2FN2. The van der Waals surface area contributed by atoms with Crippen molar-refractivity contribution >= 4 is 11.0 Å². The lowest BCUT2D eigenvalue weighted by molar-refractivity contribution is -0.556. The van der Waals surface area contributed by atoms with E-state index >= 15 is 0 Å². The van der Waals surface area contributed by atoms with Gasteiger partial charge >= 0.3 is 0 Å². The van der Waals surface area contributed by atoms with Crippen molar-refractivity contribution in [2.75, 3.05) is 0 Å². The fourth-order valence-electron chi connectivity index (χ4n) is 2.71. The van der Waals surface area contributed by atoms with Gasteiger partial charge in [0.15, 0.2) is 12.4 Å². The van der Waals surface area contributed by atoms with Crippen molar-refractivity contribution < 1.29 is 47.2 Å². The highest BCUT2D eigenvalue weighted by molar-refractivity contribution is 5.68. The second-order valence-corrected chi connectivity index (χ2v) is 4.94. The summed E-state index contributed by atoms with van der Waals surface area (Å²) < 4.78 is 18.2. The first kappa shape index (κ1) is 17.5. The van der Waals surface area contributed by atoms with Gasteiger partial charge in [0.25, 0.3) is 16.7 Å². The van der Waals surface area contributed by atoms with Crippen molar-refractivity contribution in [1.82, 2.24) is 0 Å². The number of benzene rings is 1. The maximum atomic E-state index is 14.2. The average Bonchev–Trinajstić information content (AvgIpc) is 2.55. The van der Waals surface area contributed by atoms with Crippen molar-refractivity contribution in [3.8, 4) is 11.3 Å². The van der Waals surface area contributed by atoms with Crippen LogP contribution in [0.15, 0.2) is 79.3 Å². The van der Waals surface area contributed by atoms with Gasteiger partial charge in [-0.3, -0.25) is 0 Å². The van der Waals surface area contributed by atoms with Gasteiger partial charge in [-0.05, 0) is 24.3 Å². The summed E-state index contributed by atoms with van der Waals surface area (Å²) in [7, 11) is 0. The number of hydrogen-bond donors (Lipinski definition) is 0. The highest BCUT2D eigenvalue weighted by atomic mass is 79.9. The number of halogens is 3. The van der Waals surface area contributed by atoms with Gasteiger partial charge in [-0.15, -0.1) is 4.40 Å². The number of nitrogens with zero attached hydrogens (tertiary/aromatic N) is 2. The Hall–Kier alpha value is -1.85. The van der Waals surface area contributed by atoms with Gasteiger partial charge in [0.2, 0.25) is 6.20 Å². The predicted octanol–water partition coefficient (Wildman–Crippen LogP) is -3.02. The Labute approximate surface area is 154 Å². The average molecular weight is 436 g/mol. The lowest BCUT2D eigenvalue weighted by atomic mass is 10.1. The van der Waals surface area contributed by atoms with E-state index < -0.39 is 0 Å². The summed E-state index contributed by atoms with van der Waals surface area (Å²) in [5.41, 5.74) is 3.54. The molecule has 0 spiro atoms. The lowest BCUT2D eigenvalue weighted by Gasteiger charge is -2.00. The van der Waals surface area contributed by atoms with E-state index in [0.717, 1.165) is 16.7 Å². The molecule has 0 radical (unpaired) electrons. The number of hydrogen-bond acceptors (Lipinski definition) is 0. The number of aromatic nitrogens is 2. The quantitative estimate of drug-likeness (QED) is 0.222. The fraction of sp³-hybridized carbons (Fsp3) is 0. The molecule has 2 nitrogen and oxygen atoms in total. The number of pyridine rings is 2. The molecule has 4 rings (SSSR count). The predicted molar refractivity (Wildman–Crippen MR) is 78.2 cm³/mol. The van der Waals surface area contributed by atoms with E-state index in [0.29, 0.717) is 5.56 Å². The van der Waals surface area contributed by atoms with E-state index in [1.165, 1.54) is 6.07 Å². The molecule has 0 fully saturated rings. The van der Waals surface area contributed by atoms with Crippen LogP contribution in [0.5, 0.6) is 0 Å². The van der Waals surface area contributed by atoms with Crippen LogP contribution in [-0.4, -0.2) is 0 Å². The first-order valence-electron chi connectivity index (χ1n) is 6.83. The zero-order valence-corrected chi connectivity index (χ0v) is 15.2. The minimum atomic E-state index is -0.217. The maximum absolute atomic E-state index is 14.2. The molecule has 1 aromatic carbocycles. The van der Waals surface area contributed by atoms with E-state index in [2.05, 4.69) is 6.07 Å². The molecule has 23 heavy (non-hydrogen) atoms. The second-order valence-electron chi connectivity index (χ2n) is 4.94. The second kappa shape index (κ2) is 7.15. The molecule has 0 N–H and O–H groups in total. The molecule has 0 aliphatic heterocycles. The van der Waals surface area contributed by atoms with Crippen LogP contribution >= 0.6 is 0 Å². The molecule has 5 heteroatoms. The normalized spacial score (nSPS) is 10.1. The molecule has 3 heterocycles. The highest BCUT2D eigenvalue weighted by Gasteiger charge is 2.23. The van der Waals surface area contributed by atoms with Crippen molar-refractivity contribution in [2.24, 2.45) is 0 Å². The molecule has 4 aromatic rings. The minimum Gasteiger partial charge on any atom is -1.00 e. The third kappa shape index (κ3) is 2.99. The highest BCUT2D eigenvalue weighted by Crippen LogP contribution is 2.19. The maximum Gasteiger partial charge on any atom is 0.286 e. The van der Waals surface area contributed by atoms with E-state index in [1.807, 2.05) is 63.8 Å². The van der Waals surface area contributed by atoms with Gasteiger partial charge in [0.1, 0.15) is 5.82 Å². The number of rotatable bonds is 1. The molecule has 0 aliphatic carbocycles. The Morgan fingerprint density at radius 3 is 2.13 bits per heavy atom. The van der Waals surface area contributed by atoms with Gasteiger partial charge in [0.05, 0.1) is 5.56 Å². The Kier molecular flexibility index (Phi) is 5.44. The Bertz CT molecular complexity index is 973. The van der Waals surface area contributed by atoms with E-state index in [4.69, 9.17) is 0 Å². The SMILES string of the molecule is Fc1ccccc1-c1c[n+]2ccccc2c2cccc[n+]12.[Br-].[Br-]. The van der Waals surface area contributed by atoms with Crippen LogP contribution in [0.3, 0.4) is 0 Å².